The topological polar surface area (TPSA) is 41.1 Å². The number of anilines is 1. The largest absolute Gasteiger partial charge is 0.325 e. The fraction of sp³-hybridized carbons (Fsp3) is 0.105. The Labute approximate surface area is 148 Å². The molecule has 0 aliphatic rings. The Balaban J connectivity index is 1.66. The Bertz CT molecular complexity index is 838. The van der Waals surface area contributed by atoms with Gasteiger partial charge in [-0.2, -0.15) is 0 Å². The first-order chi connectivity index (χ1) is 12.1. The molecule has 1 aromatic heterocycles. The summed E-state index contributed by atoms with van der Waals surface area (Å²) in [7, 11) is 0. The predicted octanol–water partition coefficient (Wildman–Crippen LogP) is 4.34. The van der Waals surface area contributed by atoms with Gasteiger partial charge in [-0.15, -0.1) is 11.3 Å². The van der Waals surface area contributed by atoms with E-state index in [0.29, 0.717) is 0 Å². The van der Waals surface area contributed by atoms with E-state index in [-0.39, 0.29) is 24.2 Å². The van der Waals surface area contributed by atoms with Crippen LogP contribution >= 0.6 is 11.3 Å². The summed E-state index contributed by atoms with van der Waals surface area (Å²) in [5.74, 6) is -2.27. The number of halogens is 2. The van der Waals surface area contributed by atoms with Crippen LogP contribution < -0.4 is 10.6 Å². The molecule has 0 saturated heterocycles. The molecule has 0 spiro atoms. The van der Waals surface area contributed by atoms with E-state index >= 15 is 0 Å². The Morgan fingerprint density at radius 2 is 1.80 bits per heavy atom. The molecule has 128 valence electrons. The van der Waals surface area contributed by atoms with Gasteiger partial charge in [-0.1, -0.05) is 36.4 Å². The van der Waals surface area contributed by atoms with Gasteiger partial charge >= 0.3 is 0 Å². The van der Waals surface area contributed by atoms with Crippen molar-refractivity contribution < 1.29 is 13.6 Å². The minimum absolute atomic E-state index is 0.0382. The molecule has 0 aliphatic carbocycles. The van der Waals surface area contributed by atoms with Crippen LogP contribution in [0, 0.1) is 11.6 Å². The van der Waals surface area contributed by atoms with E-state index in [4.69, 9.17) is 0 Å². The van der Waals surface area contributed by atoms with E-state index in [0.717, 1.165) is 22.6 Å². The lowest BCUT2D eigenvalue weighted by molar-refractivity contribution is -0.115. The van der Waals surface area contributed by atoms with Crippen molar-refractivity contribution in [3.63, 3.8) is 0 Å². The Morgan fingerprint density at radius 3 is 2.48 bits per heavy atom. The highest BCUT2D eigenvalue weighted by molar-refractivity contribution is 7.10. The van der Waals surface area contributed by atoms with Gasteiger partial charge in [-0.05, 0) is 29.1 Å². The van der Waals surface area contributed by atoms with Crippen LogP contribution in [0.5, 0.6) is 0 Å². The molecule has 2 N–H and O–H groups in total. The standard InChI is InChI=1S/C19H16F2N2OS/c20-15-9-8-14(11-16(15)21)23-18(24)12-22-19(17-7-4-10-25-17)13-5-2-1-3-6-13/h1-11,19,22H,12H2,(H,23,24)/t19-/m0/s1. The summed E-state index contributed by atoms with van der Waals surface area (Å²) in [6.45, 7) is 0.0382. The van der Waals surface area contributed by atoms with Crippen LogP contribution in [0.4, 0.5) is 14.5 Å². The number of carbonyl (C=O) groups is 1. The number of rotatable bonds is 6. The summed E-state index contributed by atoms with van der Waals surface area (Å²) < 4.78 is 26.1. The quantitative estimate of drug-likeness (QED) is 0.688. The van der Waals surface area contributed by atoms with E-state index < -0.39 is 11.6 Å². The van der Waals surface area contributed by atoms with Crippen molar-refractivity contribution in [3.8, 4) is 0 Å². The van der Waals surface area contributed by atoms with Crippen LogP contribution in [0.2, 0.25) is 0 Å². The molecule has 0 fully saturated rings. The Hall–Kier alpha value is -2.57. The third-order valence-corrected chi connectivity index (χ3v) is 4.57. The zero-order valence-electron chi connectivity index (χ0n) is 13.2. The third-order valence-electron chi connectivity index (χ3n) is 3.63. The zero-order valence-corrected chi connectivity index (χ0v) is 14.0. The van der Waals surface area contributed by atoms with Gasteiger partial charge in [-0.25, -0.2) is 8.78 Å². The number of hydrogen-bond donors (Lipinski definition) is 2. The molecule has 3 nitrogen and oxygen atoms in total. The van der Waals surface area contributed by atoms with E-state index in [2.05, 4.69) is 10.6 Å². The van der Waals surface area contributed by atoms with Crippen molar-refractivity contribution in [1.29, 1.82) is 0 Å². The van der Waals surface area contributed by atoms with Crippen molar-refractivity contribution in [2.24, 2.45) is 0 Å². The monoisotopic (exact) mass is 358 g/mol. The maximum atomic E-state index is 13.2. The number of nitrogens with one attached hydrogen (secondary N) is 2. The molecular weight excluding hydrogens is 342 g/mol. The van der Waals surface area contributed by atoms with Gasteiger partial charge in [-0.3, -0.25) is 10.1 Å². The van der Waals surface area contributed by atoms with Gasteiger partial charge < -0.3 is 5.32 Å². The molecule has 3 aromatic rings. The highest BCUT2D eigenvalue weighted by Gasteiger charge is 2.16. The molecule has 0 unspecified atom stereocenters. The second kappa shape index (κ2) is 8.00. The average Bonchev–Trinajstić information content (AvgIpc) is 3.14. The first kappa shape index (κ1) is 17.3. The molecule has 0 bridgehead atoms. The number of hydrogen-bond acceptors (Lipinski definition) is 3. The number of thiophene rings is 1. The molecule has 1 heterocycles. The molecule has 2 aromatic carbocycles. The smallest absolute Gasteiger partial charge is 0.238 e. The maximum absolute atomic E-state index is 13.2. The van der Waals surface area contributed by atoms with Crippen LogP contribution in [0.1, 0.15) is 16.5 Å². The lowest BCUT2D eigenvalue weighted by Crippen LogP contribution is -2.31. The molecule has 0 aliphatic heterocycles. The molecule has 3 rings (SSSR count). The molecule has 0 saturated carbocycles. The Kier molecular flexibility index (Phi) is 5.53. The minimum atomic E-state index is -0.994. The van der Waals surface area contributed by atoms with Crippen LogP contribution in [0.15, 0.2) is 66.0 Å². The maximum Gasteiger partial charge on any atom is 0.238 e. The summed E-state index contributed by atoms with van der Waals surface area (Å²) in [6.07, 6.45) is 0. The van der Waals surface area contributed by atoms with E-state index in [1.54, 1.807) is 11.3 Å². The SMILES string of the molecule is O=C(CN[C@@H](c1ccccc1)c1cccs1)Nc1ccc(F)c(F)c1. The number of amides is 1. The normalized spacial score (nSPS) is 11.9. The van der Waals surface area contributed by atoms with E-state index in [1.165, 1.54) is 6.07 Å². The fourth-order valence-corrected chi connectivity index (χ4v) is 3.28. The average molecular weight is 358 g/mol. The summed E-state index contributed by atoms with van der Waals surface area (Å²) in [6, 6.07) is 16.9. The van der Waals surface area contributed by atoms with Crippen LogP contribution in [-0.2, 0) is 4.79 Å². The molecular formula is C19H16F2N2OS. The van der Waals surface area contributed by atoms with Crippen LogP contribution in [-0.4, -0.2) is 12.5 Å². The molecule has 1 amide bonds. The van der Waals surface area contributed by atoms with Crippen molar-refractivity contribution in [2.45, 2.75) is 6.04 Å². The third kappa shape index (κ3) is 4.49. The minimum Gasteiger partial charge on any atom is -0.325 e. The summed E-state index contributed by atoms with van der Waals surface area (Å²) in [5.41, 5.74) is 1.27. The first-order valence-electron chi connectivity index (χ1n) is 7.70. The highest BCUT2D eigenvalue weighted by atomic mass is 32.1. The first-order valence-corrected chi connectivity index (χ1v) is 8.58. The van der Waals surface area contributed by atoms with Crippen LogP contribution in [0.25, 0.3) is 0 Å². The molecule has 1 atom stereocenters. The Morgan fingerprint density at radius 1 is 1.00 bits per heavy atom. The van der Waals surface area contributed by atoms with E-state index in [9.17, 15) is 13.6 Å². The second-order valence-corrected chi connectivity index (χ2v) is 6.40. The highest BCUT2D eigenvalue weighted by Crippen LogP contribution is 2.25. The van der Waals surface area contributed by atoms with Crippen molar-refractivity contribution >= 4 is 22.9 Å². The number of carbonyl (C=O) groups excluding carboxylic acids is 1. The lowest BCUT2D eigenvalue weighted by Gasteiger charge is -2.18. The zero-order chi connectivity index (χ0) is 17.6. The molecule has 0 radical (unpaired) electrons. The van der Waals surface area contributed by atoms with Gasteiger partial charge in [0, 0.05) is 16.6 Å². The van der Waals surface area contributed by atoms with Gasteiger partial charge in [0.2, 0.25) is 5.91 Å². The van der Waals surface area contributed by atoms with Gasteiger partial charge in [0.05, 0.1) is 12.6 Å². The van der Waals surface area contributed by atoms with Gasteiger partial charge in [0.25, 0.3) is 0 Å². The fourth-order valence-electron chi connectivity index (χ4n) is 2.46. The molecule has 25 heavy (non-hydrogen) atoms. The van der Waals surface area contributed by atoms with E-state index in [1.807, 2.05) is 47.8 Å². The summed E-state index contributed by atoms with van der Waals surface area (Å²) in [4.78, 5) is 13.2. The molecule has 6 heteroatoms. The summed E-state index contributed by atoms with van der Waals surface area (Å²) in [5, 5.41) is 7.75. The lowest BCUT2D eigenvalue weighted by atomic mass is 10.1. The van der Waals surface area contributed by atoms with Crippen LogP contribution in [0.3, 0.4) is 0 Å². The van der Waals surface area contributed by atoms with Gasteiger partial charge in [0.1, 0.15) is 0 Å². The van der Waals surface area contributed by atoms with Gasteiger partial charge in [0.15, 0.2) is 11.6 Å². The van der Waals surface area contributed by atoms with Crippen molar-refractivity contribution in [2.75, 3.05) is 11.9 Å². The number of benzene rings is 2. The van der Waals surface area contributed by atoms with Crippen molar-refractivity contribution in [1.82, 2.24) is 5.32 Å². The van der Waals surface area contributed by atoms with Crippen molar-refractivity contribution in [3.05, 3.63) is 88.1 Å². The second-order valence-electron chi connectivity index (χ2n) is 5.42. The summed E-state index contributed by atoms with van der Waals surface area (Å²) >= 11 is 1.60. The predicted molar refractivity (Wildman–Crippen MR) is 95.6 cm³/mol.